The summed E-state index contributed by atoms with van der Waals surface area (Å²) in [5.74, 6) is 0.386. The standard InChI is InChI=1S/C18H25FN4O3S2/c1-4-20-18(21-9-10-22-28(24,25)17-6-5-11-27-17)23(2)13-14-7-8-16(26-3)15(19)12-14/h5-8,11-12,22H,4,9-10,13H2,1-3H3,(H,20,21). The van der Waals surface area contributed by atoms with Crippen LogP contribution in [0.3, 0.4) is 0 Å². The van der Waals surface area contributed by atoms with Crippen LogP contribution in [0.1, 0.15) is 12.5 Å². The van der Waals surface area contributed by atoms with Crippen LogP contribution in [0, 0.1) is 5.82 Å². The molecule has 0 saturated carbocycles. The number of nitrogens with zero attached hydrogens (tertiary/aromatic N) is 2. The van der Waals surface area contributed by atoms with E-state index in [1.807, 2.05) is 18.9 Å². The van der Waals surface area contributed by atoms with Crippen LogP contribution in [-0.2, 0) is 16.6 Å². The van der Waals surface area contributed by atoms with Crippen LogP contribution in [0.5, 0.6) is 5.75 Å². The van der Waals surface area contributed by atoms with E-state index >= 15 is 0 Å². The van der Waals surface area contributed by atoms with Gasteiger partial charge in [0, 0.05) is 26.7 Å². The zero-order chi connectivity index (χ0) is 20.6. The Hall–Kier alpha value is -2.17. The topological polar surface area (TPSA) is 83.0 Å². The molecule has 0 fully saturated rings. The molecule has 1 aromatic carbocycles. The molecule has 0 amide bonds. The summed E-state index contributed by atoms with van der Waals surface area (Å²) in [6.07, 6.45) is 0. The van der Waals surface area contributed by atoms with Gasteiger partial charge in [0.1, 0.15) is 4.21 Å². The van der Waals surface area contributed by atoms with Gasteiger partial charge in [-0.05, 0) is 36.1 Å². The molecule has 0 saturated heterocycles. The lowest BCUT2D eigenvalue weighted by Gasteiger charge is -2.22. The smallest absolute Gasteiger partial charge is 0.250 e. The van der Waals surface area contributed by atoms with Crippen LogP contribution in [0.25, 0.3) is 0 Å². The van der Waals surface area contributed by atoms with Crippen molar-refractivity contribution >= 4 is 27.3 Å². The number of ether oxygens (including phenoxy) is 1. The molecule has 2 rings (SSSR count). The van der Waals surface area contributed by atoms with Crippen molar-refractivity contribution in [3.05, 3.63) is 47.1 Å². The van der Waals surface area contributed by atoms with Gasteiger partial charge in [0.2, 0.25) is 10.0 Å². The number of guanidine groups is 1. The number of nitrogens with one attached hydrogen (secondary N) is 2. The predicted molar refractivity (Wildman–Crippen MR) is 110 cm³/mol. The second-order valence-electron chi connectivity index (χ2n) is 5.89. The summed E-state index contributed by atoms with van der Waals surface area (Å²) >= 11 is 1.17. The summed E-state index contributed by atoms with van der Waals surface area (Å²) in [6.45, 7) is 3.49. The first kappa shape index (κ1) is 22.1. The molecule has 0 bridgehead atoms. The van der Waals surface area contributed by atoms with Gasteiger partial charge in [0.05, 0.1) is 13.7 Å². The van der Waals surface area contributed by atoms with E-state index in [0.717, 1.165) is 5.56 Å². The molecule has 0 aliphatic carbocycles. The molecule has 0 radical (unpaired) electrons. The van der Waals surface area contributed by atoms with E-state index in [4.69, 9.17) is 4.74 Å². The molecule has 0 aliphatic heterocycles. The van der Waals surface area contributed by atoms with E-state index in [9.17, 15) is 12.8 Å². The minimum Gasteiger partial charge on any atom is -0.494 e. The molecule has 10 heteroatoms. The van der Waals surface area contributed by atoms with Crippen molar-refractivity contribution in [1.82, 2.24) is 14.9 Å². The zero-order valence-corrected chi connectivity index (χ0v) is 17.7. The van der Waals surface area contributed by atoms with E-state index < -0.39 is 15.8 Å². The van der Waals surface area contributed by atoms with Crippen LogP contribution in [-0.4, -0.2) is 53.1 Å². The molecule has 2 N–H and O–H groups in total. The number of halogens is 1. The lowest BCUT2D eigenvalue weighted by atomic mass is 10.2. The Kier molecular flexibility index (Phi) is 8.21. The quantitative estimate of drug-likeness (QED) is 0.364. The van der Waals surface area contributed by atoms with Crippen molar-refractivity contribution in [3.63, 3.8) is 0 Å². The summed E-state index contributed by atoms with van der Waals surface area (Å²) in [7, 11) is -0.239. The Bertz CT molecular complexity index is 886. The maximum absolute atomic E-state index is 13.9. The van der Waals surface area contributed by atoms with Crippen LogP contribution >= 0.6 is 11.3 Å². The molecule has 2 aromatic rings. The number of hydrogen-bond acceptors (Lipinski definition) is 5. The average Bonchev–Trinajstić information content (AvgIpc) is 3.20. The normalized spacial score (nSPS) is 12.1. The Labute approximate surface area is 169 Å². The highest BCUT2D eigenvalue weighted by Crippen LogP contribution is 2.18. The van der Waals surface area contributed by atoms with Gasteiger partial charge in [0.25, 0.3) is 0 Å². The third-order valence-electron chi connectivity index (χ3n) is 3.76. The van der Waals surface area contributed by atoms with Gasteiger partial charge in [-0.2, -0.15) is 0 Å². The van der Waals surface area contributed by atoms with Gasteiger partial charge in [0.15, 0.2) is 17.5 Å². The van der Waals surface area contributed by atoms with Crippen LogP contribution in [0.2, 0.25) is 0 Å². The summed E-state index contributed by atoms with van der Waals surface area (Å²) in [4.78, 5) is 6.29. The highest BCUT2D eigenvalue weighted by atomic mass is 32.2. The SMILES string of the molecule is CCNC(=NCCNS(=O)(=O)c1cccs1)N(C)Cc1ccc(OC)c(F)c1. The van der Waals surface area contributed by atoms with Crippen molar-refractivity contribution < 1.29 is 17.5 Å². The molecular formula is C18H25FN4O3S2. The molecule has 1 aromatic heterocycles. The number of thiophene rings is 1. The third kappa shape index (κ3) is 6.18. The number of benzene rings is 1. The van der Waals surface area contributed by atoms with Gasteiger partial charge < -0.3 is 15.0 Å². The fourth-order valence-corrected chi connectivity index (χ4v) is 4.51. The van der Waals surface area contributed by atoms with Crippen molar-refractivity contribution in [2.75, 3.05) is 33.8 Å². The second-order valence-corrected chi connectivity index (χ2v) is 8.83. The van der Waals surface area contributed by atoms with E-state index in [1.165, 1.54) is 24.5 Å². The van der Waals surface area contributed by atoms with E-state index in [2.05, 4.69) is 15.0 Å². The first-order chi connectivity index (χ1) is 13.4. The van der Waals surface area contributed by atoms with E-state index in [-0.39, 0.29) is 23.0 Å². The first-order valence-corrected chi connectivity index (χ1v) is 11.1. The number of sulfonamides is 1. The number of rotatable bonds is 9. The summed E-state index contributed by atoms with van der Waals surface area (Å²) in [5.41, 5.74) is 0.768. The number of aliphatic imine (C=N–C) groups is 1. The molecule has 0 spiro atoms. The Balaban J connectivity index is 1.96. The summed E-state index contributed by atoms with van der Waals surface area (Å²) in [5, 5.41) is 4.86. The van der Waals surface area contributed by atoms with Crippen LogP contribution in [0.15, 0.2) is 44.9 Å². The molecule has 0 atom stereocenters. The van der Waals surface area contributed by atoms with Gasteiger partial charge >= 0.3 is 0 Å². The molecule has 7 nitrogen and oxygen atoms in total. The monoisotopic (exact) mass is 428 g/mol. The zero-order valence-electron chi connectivity index (χ0n) is 16.1. The Morgan fingerprint density at radius 2 is 2.14 bits per heavy atom. The Morgan fingerprint density at radius 3 is 2.75 bits per heavy atom. The van der Waals surface area contributed by atoms with Gasteiger partial charge in [-0.15, -0.1) is 11.3 Å². The maximum atomic E-state index is 13.9. The van der Waals surface area contributed by atoms with Gasteiger partial charge in [-0.25, -0.2) is 17.5 Å². The second kappa shape index (κ2) is 10.4. The van der Waals surface area contributed by atoms with Crippen molar-refractivity contribution in [2.24, 2.45) is 4.99 Å². The number of methoxy groups -OCH3 is 1. The summed E-state index contributed by atoms with van der Waals surface area (Å²) < 4.78 is 45.8. The van der Waals surface area contributed by atoms with Gasteiger partial charge in [-0.1, -0.05) is 12.1 Å². The lowest BCUT2D eigenvalue weighted by Crippen LogP contribution is -2.39. The van der Waals surface area contributed by atoms with Crippen molar-refractivity contribution in [2.45, 2.75) is 17.7 Å². The minimum absolute atomic E-state index is 0.181. The fraction of sp³-hybridized carbons (Fsp3) is 0.389. The minimum atomic E-state index is -3.50. The third-order valence-corrected chi connectivity index (χ3v) is 6.62. The maximum Gasteiger partial charge on any atom is 0.250 e. The van der Waals surface area contributed by atoms with Crippen molar-refractivity contribution in [1.29, 1.82) is 0 Å². The molecule has 0 unspecified atom stereocenters. The van der Waals surface area contributed by atoms with Crippen molar-refractivity contribution in [3.8, 4) is 5.75 Å². The predicted octanol–water partition coefficient (Wildman–Crippen LogP) is 2.27. The molecule has 154 valence electrons. The van der Waals surface area contributed by atoms with Gasteiger partial charge in [-0.3, -0.25) is 4.99 Å². The molecule has 1 heterocycles. The average molecular weight is 429 g/mol. The van der Waals surface area contributed by atoms with E-state index in [1.54, 1.807) is 29.6 Å². The fourth-order valence-electron chi connectivity index (χ4n) is 2.46. The van der Waals surface area contributed by atoms with Crippen LogP contribution in [0.4, 0.5) is 4.39 Å². The first-order valence-electron chi connectivity index (χ1n) is 8.72. The Morgan fingerprint density at radius 1 is 1.36 bits per heavy atom. The van der Waals surface area contributed by atoms with Crippen LogP contribution < -0.4 is 14.8 Å². The molecule has 0 aliphatic rings. The highest BCUT2D eigenvalue weighted by molar-refractivity contribution is 7.91. The largest absolute Gasteiger partial charge is 0.494 e. The lowest BCUT2D eigenvalue weighted by molar-refractivity contribution is 0.385. The highest BCUT2D eigenvalue weighted by Gasteiger charge is 2.14. The number of hydrogen-bond donors (Lipinski definition) is 2. The van der Waals surface area contributed by atoms with E-state index in [0.29, 0.717) is 19.0 Å². The molecular weight excluding hydrogens is 403 g/mol. The molecule has 28 heavy (non-hydrogen) atoms. The summed E-state index contributed by atoms with van der Waals surface area (Å²) in [6, 6.07) is 8.05.